The van der Waals surface area contributed by atoms with Gasteiger partial charge in [0.05, 0.1) is 16.1 Å². The Morgan fingerprint density at radius 3 is 2.50 bits per heavy atom. The van der Waals surface area contributed by atoms with Crippen LogP contribution in [0.15, 0.2) is 64.3 Å². The Bertz CT molecular complexity index is 1820. The number of pyridine rings is 1. The van der Waals surface area contributed by atoms with Gasteiger partial charge in [-0.2, -0.15) is 13.5 Å². The van der Waals surface area contributed by atoms with Crippen molar-refractivity contribution in [1.82, 2.24) is 25.0 Å². The quantitative estimate of drug-likeness (QED) is 0.308. The Kier molecular flexibility index (Phi) is 8.63. The van der Waals surface area contributed by atoms with Gasteiger partial charge in [0.1, 0.15) is 19.0 Å². The lowest BCUT2D eigenvalue weighted by Crippen LogP contribution is -2.43. The van der Waals surface area contributed by atoms with Crippen LogP contribution in [0.25, 0.3) is 10.9 Å². The molecule has 0 saturated carbocycles. The Morgan fingerprint density at radius 2 is 1.75 bits per heavy atom. The number of aryl methyl sites for hydroxylation is 1. The zero-order valence-electron chi connectivity index (χ0n) is 24.3. The van der Waals surface area contributed by atoms with Crippen molar-refractivity contribution in [3.8, 4) is 11.6 Å². The largest absolute Gasteiger partial charge is 0.484 e. The lowest BCUT2D eigenvalue weighted by atomic mass is 9.97. The molecule has 0 radical (unpaired) electrons. The van der Waals surface area contributed by atoms with E-state index < -0.39 is 10.1 Å². The Labute approximate surface area is 254 Å². The van der Waals surface area contributed by atoms with Gasteiger partial charge < -0.3 is 24.3 Å². The summed E-state index contributed by atoms with van der Waals surface area (Å²) in [6.07, 6.45) is 2.01. The van der Waals surface area contributed by atoms with Crippen molar-refractivity contribution >= 4 is 21.0 Å². The fourth-order valence-corrected chi connectivity index (χ4v) is 6.48. The van der Waals surface area contributed by atoms with Crippen LogP contribution in [0.3, 0.4) is 0 Å². The molecule has 1 unspecified atom stereocenters. The summed E-state index contributed by atoms with van der Waals surface area (Å²) >= 11 is 0. The summed E-state index contributed by atoms with van der Waals surface area (Å²) in [5.74, 6) is 0.909. The van der Waals surface area contributed by atoms with Gasteiger partial charge in [-0.05, 0) is 68.6 Å². The molecule has 0 amide bonds. The molecule has 3 aliphatic rings. The Morgan fingerprint density at radius 1 is 1.02 bits per heavy atom. The molecule has 2 aromatic heterocycles. The highest BCUT2D eigenvalue weighted by molar-refractivity contribution is 7.85. The summed E-state index contributed by atoms with van der Waals surface area (Å²) < 4.78 is 57.0. The second-order valence-corrected chi connectivity index (χ2v) is 12.7. The average molecular weight is 624 g/mol. The number of nitrogens with zero attached hydrogens (tertiary/aromatic N) is 4. The number of nitrogens with one attached hydrogen (secondary N) is 1. The summed E-state index contributed by atoms with van der Waals surface area (Å²) in [4.78, 5) is 14.7. The molecule has 2 N–H and O–H groups in total. The van der Waals surface area contributed by atoms with Gasteiger partial charge in [0, 0.05) is 49.3 Å². The van der Waals surface area contributed by atoms with Crippen molar-refractivity contribution in [1.29, 1.82) is 0 Å². The SMILES string of the molecule is Cc1ccc(S(=O)(=O)O)cc1.O=c1ccc2ccc(F)c3c2n1CC3CN1CCC(NCc2cc3c(nn2)OCCO3)CC1. The first kappa shape index (κ1) is 30.1. The fraction of sp³-hybridized carbons (Fsp3) is 0.387. The van der Waals surface area contributed by atoms with Crippen LogP contribution < -0.4 is 20.3 Å². The monoisotopic (exact) mass is 623 g/mol. The maximum atomic E-state index is 14.7. The van der Waals surface area contributed by atoms with Crippen LogP contribution in [0.2, 0.25) is 0 Å². The number of piperidine rings is 1. The molecule has 1 atom stereocenters. The predicted octanol–water partition coefficient (Wildman–Crippen LogP) is 3.29. The molecule has 13 heteroatoms. The minimum Gasteiger partial charge on any atom is -0.484 e. The second-order valence-electron chi connectivity index (χ2n) is 11.3. The van der Waals surface area contributed by atoms with Gasteiger partial charge in [-0.3, -0.25) is 9.35 Å². The van der Waals surface area contributed by atoms with E-state index in [1.54, 1.807) is 34.9 Å². The van der Waals surface area contributed by atoms with Gasteiger partial charge in [0.25, 0.3) is 21.6 Å². The Balaban J connectivity index is 0.000000265. The summed E-state index contributed by atoms with van der Waals surface area (Å²) in [5, 5.41) is 12.8. The molecule has 1 saturated heterocycles. The molecule has 4 aromatic rings. The van der Waals surface area contributed by atoms with E-state index in [9.17, 15) is 17.6 Å². The van der Waals surface area contributed by atoms with Crippen LogP contribution in [0.4, 0.5) is 4.39 Å². The van der Waals surface area contributed by atoms with E-state index in [0.29, 0.717) is 49.5 Å². The minimum atomic E-state index is -4.02. The van der Waals surface area contributed by atoms with E-state index in [0.717, 1.165) is 54.6 Å². The van der Waals surface area contributed by atoms with Crippen molar-refractivity contribution in [2.75, 3.05) is 32.8 Å². The molecular formula is C31H34FN5O6S. The van der Waals surface area contributed by atoms with E-state index in [4.69, 9.17) is 14.0 Å². The minimum absolute atomic E-state index is 0.00120. The molecule has 11 nitrogen and oxygen atoms in total. The van der Waals surface area contributed by atoms with Crippen LogP contribution in [0.1, 0.15) is 35.6 Å². The molecule has 44 heavy (non-hydrogen) atoms. The zero-order valence-corrected chi connectivity index (χ0v) is 25.1. The standard InChI is InChI=1S/C24H26FN5O3.C7H8O3S/c25-19-3-1-15-2-4-21(31)30-14-16(22(19)23(15)30)13-29-7-5-17(6-8-29)26-12-18-11-20-24(28-27-18)33-10-9-32-20;1-6-2-4-7(5-3-6)11(8,9)10/h1-4,11,16-17,26H,5-10,12-14H2;2-5H,1H3,(H,8,9,10). The first-order valence-electron chi connectivity index (χ1n) is 14.6. The van der Waals surface area contributed by atoms with Gasteiger partial charge >= 0.3 is 0 Å². The summed E-state index contributed by atoms with van der Waals surface area (Å²) in [6, 6.07) is 14.9. The van der Waals surface area contributed by atoms with Crippen LogP contribution in [0, 0.1) is 12.7 Å². The van der Waals surface area contributed by atoms with Crippen LogP contribution in [-0.2, 0) is 23.2 Å². The van der Waals surface area contributed by atoms with E-state index in [1.165, 1.54) is 18.2 Å². The van der Waals surface area contributed by atoms with Crippen LogP contribution >= 0.6 is 0 Å². The second kappa shape index (κ2) is 12.6. The van der Waals surface area contributed by atoms with E-state index in [1.807, 2.05) is 13.0 Å². The molecule has 2 aromatic carbocycles. The third kappa shape index (κ3) is 6.60. The van der Waals surface area contributed by atoms with Crippen molar-refractivity contribution in [2.45, 2.75) is 49.7 Å². The van der Waals surface area contributed by atoms with E-state index >= 15 is 0 Å². The van der Waals surface area contributed by atoms with Gasteiger partial charge in [-0.1, -0.05) is 17.7 Å². The predicted molar refractivity (Wildman–Crippen MR) is 161 cm³/mol. The van der Waals surface area contributed by atoms with Crippen molar-refractivity contribution in [3.05, 3.63) is 87.6 Å². The smallest absolute Gasteiger partial charge is 0.294 e. The topological polar surface area (TPSA) is 136 Å². The molecule has 0 aliphatic carbocycles. The fourth-order valence-electron chi connectivity index (χ4n) is 6.00. The molecule has 3 aliphatic heterocycles. The summed E-state index contributed by atoms with van der Waals surface area (Å²) in [6.45, 7) is 6.68. The van der Waals surface area contributed by atoms with Crippen LogP contribution in [0.5, 0.6) is 11.6 Å². The number of ether oxygens (including phenoxy) is 2. The zero-order chi connectivity index (χ0) is 30.8. The number of rotatable bonds is 6. The maximum absolute atomic E-state index is 14.7. The van der Waals surface area contributed by atoms with E-state index in [2.05, 4.69) is 20.4 Å². The number of fused-ring (bicyclic) bond motifs is 1. The maximum Gasteiger partial charge on any atom is 0.294 e. The lowest BCUT2D eigenvalue weighted by molar-refractivity contribution is 0.161. The third-order valence-electron chi connectivity index (χ3n) is 8.26. The van der Waals surface area contributed by atoms with E-state index in [-0.39, 0.29) is 22.2 Å². The molecule has 0 bridgehead atoms. The first-order chi connectivity index (χ1) is 21.2. The van der Waals surface area contributed by atoms with Gasteiger partial charge in [0.2, 0.25) is 0 Å². The number of halogens is 1. The van der Waals surface area contributed by atoms with Crippen molar-refractivity contribution < 1.29 is 26.8 Å². The van der Waals surface area contributed by atoms with Crippen molar-refractivity contribution in [3.63, 3.8) is 0 Å². The summed E-state index contributed by atoms with van der Waals surface area (Å²) in [5.41, 5.74) is 3.20. The summed E-state index contributed by atoms with van der Waals surface area (Å²) in [7, 11) is -4.02. The average Bonchev–Trinajstić information content (AvgIpc) is 3.41. The number of hydrogen-bond donors (Lipinski definition) is 2. The molecule has 232 valence electrons. The molecule has 1 fully saturated rings. The molecule has 5 heterocycles. The highest BCUT2D eigenvalue weighted by atomic mass is 32.2. The number of aromatic nitrogens is 3. The molecule has 7 rings (SSSR count). The Hall–Kier alpha value is -3.91. The third-order valence-corrected chi connectivity index (χ3v) is 9.13. The number of benzene rings is 2. The molecule has 0 spiro atoms. The lowest BCUT2D eigenvalue weighted by Gasteiger charge is -2.34. The van der Waals surface area contributed by atoms with Crippen molar-refractivity contribution in [2.24, 2.45) is 0 Å². The van der Waals surface area contributed by atoms with Gasteiger partial charge in [0.15, 0.2) is 5.75 Å². The number of hydrogen-bond acceptors (Lipinski definition) is 9. The van der Waals surface area contributed by atoms with Crippen LogP contribution in [-0.4, -0.2) is 71.5 Å². The van der Waals surface area contributed by atoms with Gasteiger partial charge in [-0.25, -0.2) is 4.39 Å². The normalized spacial score (nSPS) is 18.2. The highest BCUT2D eigenvalue weighted by Gasteiger charge is 2.31. The highest BCUT2D eigenvalue weighted by Crippen LogP contribution is 2.35. The number of likely N-dealkylation sites (tertiary alicyclic amines) is 1. The first-order valence-corrected chi connectivity index (χ1v) is 16.0. The van der Waals surface area contributed by atoms with Gasteiger partial charge in [-0.15, -0.1) is 5.10 Å². The molecular weight excluding hydrogens is 589 g/mol.